The Balaban J connectivity index is 2.62. The molecule has 1 aromatic carbocycles. The highest BCUT2D eigenvalue weighted by atomic mass is 35.5. The number of benzene rings is 1. The van der Waals surface area contributed by atoms with Gasteiger partial charge in [-0.05, 0) is 33.8 Å². The van der Waals surface area contributed by atoms with Crippen molar-refractivity contribution in [3.8, 4) is 11.4 Å². The minimum atomic E-state index is -0.637. The van der Waals surface area contributed by atoms with E-state index in [1.807, 2.05) is 13.8 Å². The standard InChI is InChI=1S/C14H15ClFN3O3/c1-7(2)22-13-6-12(11(16)5-10(13)15)18-9(4)14(19(20)21)8(3)17-18/h5-7H,1-4H3. The highest BCUT2D eigenvalue weighted by Gasteiger charge is 2.24. The van der Waals surface area contributed by atoms with Gasteiger partial charge in [0.2, 0.25) is 0 Å². The lowest BCUT2D eigenvalue weighted by molar-refractivity contribution is -0.386. The number of hydrogen-bond acceptors (Lipinski definition) is 4. The molecular formula is C14H15ClFN3O3. The number of hydrogen-bond donors (Lipinski definition) is 0. The molecule has 0 aliphatic rings. The molecule has 0 aliphatic carbocycles. The van der Waals surface area contributed by atoms with Crippen LogP contribution in [-0.2, 0) is 0 Å². The summed E-state index contributed by atoms with van der Waals surface area (Å²) in [6, 6.07) is 2.50. The van der Waals surface area contributed by atoms with Crippen molar-refractivity contribution in [3.05, 3.63) is 44.5 Å². The molecule has 0 N–H and O–H groups in total. The summed E-state index contributed by atoms with van der Waals surface area (Å²) in [6.45, 7) is 6.64. The van der Waals surface area contributed by atoms with E-state index in [0.29, 0.717) is 5.75 Å². The molecule has 0 unspecified atom stereocenters. The van der Waals surface area contributed by atoms with Crippen LogP contribution in [0.2, 0.25) is 5.02 Å². The summed E-state index contributed by atoms with van der Waals surface area (Å²) in [7, 11) is 0. The molecule has 2 aromatic rings. The van der Waals surface area contributed by atoms with Crippen molar-refractivity contribution in [2.45, 2.75) is 33.8 Å². The molecule has 2 rings (SSSR count). The number of halogens is 2. The maximum Gasteiger partial charge on any atom is 0.313 e. The number of rotatable bonds is 4. The van der Waals surface area contributed by atoms with Gasteiger partial charge in [-0.1, -0.05) is 11.6 Å². The Bertz CT molecular complexity index is 743. The van der Waals surface area contributed by atoms with Crippen LogP contribution in [0.5, 0.6) is 5.75 Å². The minimum Gasteiger partial charge on any atom is -0.489 e. The van der Waals surface area contributed by atoms with Crippen LogP contribution >= 0.6 is 11.6 Å². The van der Waals surface area contributed by atoms with Crippen molar-refractivity contribution < 1.29 is 14.1 Å². The molecular weight excluding hydrogens is 313 g/mol. The largest absolute Gasteiger partial charge is 0.489 e. The summed E-state index contributed by atoms with van der Waals surface area (Å²) in [4.78, 5) is 10.5. The molecule has 0 spiro atoms. The molecule has 1 aromatic heterocycles. The van der Waals surface area contributed by atoms with Gasteiger partial charge in [-0.3, -0.25) is 10.1 Å². The maximum absolute atomic E-state index is 14.2. The Labute approximate surface area is 131 Å². The van der Waals surface area contributed by atoms with Crippen LogP contribution in [0.25, 0.3) is 5.69 Å². The normalized spacial score (nSPS) is 11.0. The summed E-state index contributed by atoms with van der Waals surface area (Å²) in [5.41, 5.74) is 0.358. The molecule has 0 fully saturated rings. The lowest BCUT2D eigenvalue weighted by Crippen LogP contribution is -2.08. The van der Waals surface area contributed by atoms with E-state index in [-0.39, 0.29) is 33.9 Å². The van der Waals surface area contributed by atoms with E-state index in [1.165, 1.54) is 24.6 Å². The van der Waals surface area contributed by atoms with Crippen molar-refractivity contribution in [2.24, 2.45) is 0 Å². The third-order valence-electron chi connectivity index (χ3n) is 3.03. The molecule has 6 nitrogen and oxygen atoms in total. The zero-order chi connectivity index (χ0) is 16.6. The van der Waals surface area contributed by atoms with Crippen LogP contribution in [-0.4, -0.2) is 20.8 Å². The Kier molecular flexibility index (Phi) is 4.37. The van der Waals surface area contributed by atoms with Crippen molar-refractivity contribution in [1.29, 1.82) is 0 Å². The second kappa shape index (κ2) is 5.92. The SMILES string of the molecule is Cc1nn(-c2cc(OC(C)C)c(Cl)cc2F)c(C)c1[N+](=O)[O-]. The summed E-state index contributed by atoms with van der Waals surface area (Å²) in [6.07, 6.45) is -0.148. The fourth-order valence-electron chi connectivity index (χ4n) is 2.16. The molecule has 8 heteroatoms. The molecule has 0 atom stereocenters. The second-order valence-corrected chi connectivity index (χ2v) is 5.50. The van der Waals surface area contributed by atoms with Crippen LogP contribution in [0.3, 0.4) is 0 Å². The average molecular weight is 328 g/mol. The Morgan fingerprint density at radius 1 is 1.41 bits per heavy atom. The fourth-order valence-corrected chi connectivity index (χ4v) is 2.35. The summed E-state index contributed by atoms with van der Waals surface area (Å²) in [5.74, 6) is -0.343. The average Bonchev–Trinajstić information content (AvgIpc) is 2.67. The highest BCUT2D eigenvalue weighted by Crippen LogP contribution is 2.32. The van der Waals surface area contributed by atoms with Crippen molar-refractivity contribution >= 4 is 17.3 Å². The molecule has 0 saturated heterocycles. The molecule has 0 saturated carbocycles. The topological polar surface area (TPSA) is 70.2 Å². The Morgan fingerprint density at radius 2 is 2.05 bits per heavy atom. The Morgan fingerprint density at radius 3 is 2.55 bits per heavy atom. The van der Waals surface area contributed by atoms with Crippen molar-refractivity contribution in [2.75, 3.05) is 0 Å². The van der Waals surface area contributed by atoms with E-state index < -0.39 is 10.7 Å². The van der Waals surface area contributed by atoms with Crippen LogP contribution in [0.4, 0.5) is 10.1 Å². The molecule has 22 heavy (non-hydrogen) atoms. The first-order chi connectivity index (χ1) is 10.2. The molecule has 0 amide bonds. The van der Waals surface area contributed by atoms with E-state index in [1.54, 1.807) is 0 Å². The maximum atomic E-state index is 14.2. The van der Waals surface area contributed by atoms with E-state index in [2.05, 4.69) is 5.10 Å². The van der Waals surface area contributed by atoms with E-state index in [0.717, 1.165) is 6.07 Å². The number of aromatic nitrogens is 2. The van der Waals surface area contributed by atoms with Crippen LogP contribution in [0.1, 0.15) is 25.2 Å². The quantitative estimate of drug-likeness (QED) is 0.629. The number of aryl methyl sites for hydroxylation is 1. The number of nitro groups is 1. The van der Waals surface area contributed by atoms with Gasteiger partial charge in [-0.2, -0.15) is 5.10 Å². The first-order valence-electron chi connectivity index (χ1n) is 6.59. The highest BCUT2D eigenvalue weighted by molar-refractivity contribution is 6.32. The summed E-state index contributed by atoms with van der Waals surface area (Å²) >= 11 is 5.96. The third kappa shape index (κ3) is 2.89. The zero-order valence-corrected chi connectivity index (χ0v) is 13.3. The summed E-state index contributed by atoms with van der Waals surface area (Å²) in [5, 5.41) is 15.2. The van der Waals surface area contributed by atoms with Gasteiger partial charge >= 0.3 is 5.69 Å². The van der Waals surface area contributed by atoms with Gasteiger partial charge in [0, 0.05) is 6.07 Å². The first-order valence-corrected chi connectivity index (χ1v) is 6.96. The predicted molar refractivity (Wildman–Crippen MR) is 80.4 cm³/mol. The van der Waals surface area contributed by atoms with E-state index in [9.17, 15) is 14.5 Å². The molecule has 0 aliphatic heterocycles. The van der Waals surface area contributed by atoms with Gasteiger partial charge in [0.15, 0.2) is 5.82 Å². The smallest absolute Gasteiger partial charge is 0.313 e. The van der Waals surface area contributed by atoms with E-state index in [4.69, 9.17) is 16.3 Å². The molecule has 0 radical (unpaired) electrons. The molecule has 0 bridgehead atoms. The van der Waals surface area contributed by atoms with Gasteiger partial charge in [0.25, 0.3) is 0 Å². The summed E-state index contributed by atoms with van der Waals surface area (Å²) < 4.78 is 20.9. The van der Waals surface area contributed by atoms with E-state index >= 15 is 0 Å². The van der Waals surface area contributed by atoms with Crippen LogP contribution < -0.4 is 4.74 Å². The van der Waals surface area contributed by atoms with Crippen LogP contribution in [0, 0.1) is 29.8 Å². The number of nitrogens with zero attached hydrogens (tertiary/aromatic N) is 3. The van der Waals surface area contributed by atoms with Crippen molar-refractivity contribution in [1.82, 2.24) is 9.78 Å². The zero-order valence-electron chi connectivity index (χ0n) is 12.6. The van der Waals surface area contributed by atoms with Gasteiger partial charge in [0.1, 0.15) is 22.8 Å². The molecule has 118 valence electrons. The predicted octanol–water partition coefficient (Wildman–Crippen LogP) is 3.98. The lowest BCUT2D eigenvalue weighted by atomic mass is 10.2. The first kappa shape index (κ1) is 16.2. The van der Waals surface area contributed by atoms with Crippen molar-refractivity contribution in [3.63, 3.8) is 0 Å². The van der Waals surface area contributed by atoms with Gasteiger partial charge in [0.05, 0.1) is 16.0 Å². The van der Waals surface area contributed by atoms with Gasteiger partial charge < -0.3 is 4.74 Å². The monoisotopic (exact) mass is 327 g/mol. The Hall–Kier alpha value is -2.15. The molecule has 1 heterocycles. The van der Waals surface area contributed by atoms with Gasteiger partial charge in [-0.25, -0.2) is 9.07 Å². The number of ether oxygens (including phenoxy) is 1. The lowest BCUT2D eigenvalue weighted by Gasteiger charge is -2.14. The second-order valence-electron chi connectivity index (χ2n) is 5.09. The minimum absolute atomic E-state index is 0.0498. The third-order valence-corrected chi connectivity index (χ3v) is 3.32. The van der Waals surface area contributed by atoms with Crippen LogP contribution in [0.15, 0.2) is 12.1 Å². The fraction of sp³-hybridized carbons (Fsp3) is 0.357. The van der Waals surface area contributed by atoms with Gasteiger partial charge in [-0.15, -0.1) is 0 Å².